The van der Waals surface area contributed by atoms with E-state index in [0.717, 1.165) is 11.3 Å². The van der Waals surface area contributed by atoms with E-state index < -0.39 is 10.0 Å². The third-order valence-corrected chi connectivity index (χ3v) is 6.20. The summed E-state index contributed by atoms with van der Waals surface area (Å²) in [6, 6.07) is 16.6. The van der Waals surface area contributed by atoms with Gasteiger partial charge in [0, 0.05) is 18.1 Å². The lowest BCUT2D eigenvalue weighted by atomic mass is 10.1. The zero-order valence-electron chi connectivity index (χ0n) is 13.3. The molecule has 0 radical (unpaired) electrons. The van der Waals surface area contributed by atoms with Crippen molar-refractivity contribution in [3.63, 3.8) is 0 Å². The van der Waals surface area contributed by atoms with Crippen molar-refractivity contribution in [1.82, 2.24) is 4.31 Å². The molecule has 24 heavy (non-hydrogen) atoms. The number of piperidine rings is 1. The van der Waals surface area contributed by atoms with Crippen LogP contribution in [0, 0.1) is 0 Å². The highest BCUT2D eigenvalue weighted by molar-refractivity contribution is 7.88. The van der Waals surface area contributed by atoms with E-state index in [1.807, 2.05) is 30.3 Å². The van der Waals surface area contributed by atoms with Gasteiger partial charge in [-0.05, 0) is 42.7 Å². The molecule has 1 saturated heterocycles. The van der Waals surface area contributed by atoms with Crippen molar-refractivity contribution >= 4 is 21.6 Å². The first-order valence-corrected chi connectivity index (χ1v) is 9.96. The Bertz CT molecular complexity index is 755. The van der Waals surface area contributed by atoms with Gasteiger partial charge in [-0.1, -0.05) is 41.9 Å². The summed E-state index contributed by atoms with van der Waals surface area (Å²) in [5.41, 5.74) is 0.752. The summed E-state index contributed by atoms with van der Waals surface area (Å²) in [7, 11) is -3.31. The Kier molecular flexibility index (Phi) is 5.43. The summed E-state index contributed by atoms with van der Waals surface area (Å²) in [6.07, 6.45) is 1.47. The number of hydrogen-bond acceptors (Lipinski definition) is 3. The predicted molar refractivity (Wildman–Crippen MR) is 95.7 cm³/mol. The maximum Gasteiger partial charge on any atom is 0.218 e. The van der Waals surface area contributed by atoms with Gasteiger partial charge < -0.3 is 4.74 Å². The fourth-order valence-electron chi connectivity index (χ4n) is 2.80. The molecule has 128 valence electrons. The number of rotatable bonds is 5. The average molecular weight is 366 g/mol. The number of hydrogen-bond donors (Lipinski definition) is 0. The molecule has 0 atom stereocenters. The number of benzene rings is 2. The van der Waals surface area contributed by atoms with Crippen LogP contribution in [0.2, 0.25) is 5.02 Å². The third kappa shape index (κ3) is 4.50. The highest BCUT2D eigenvalue weighted by Gasteiger charge is 2.28. The van der Waals surface area contributed by atoms with Crippen LogP contribution in [0.3, 0.4) is 0 Å². The van der Waals surface area contributed by atoms with Crippen molar-refractivity contribution in [3.05, 3.63) is 65.2 Å². The summed E-state index contributed by atoms with van der Waals surface area (Å²) in [6.45, 7) is 0.987. The molecular weight excluding hydrogens is 346 g/mol. The van der Waals surface area contributed by atoms with Crippen molar-refractivity contribution in [2.45, 2.75) is 24.7 Å². The van der Waals surface area contributed by atoms with Gasteiger partial charge in [0.05, 0.1) is 5.75 Å². The van der Waals surface area contributed by atoms with Gasteiger partial charge in [-0.25, -0.2) is 12.7 Å². The van der Waals surface area contributed by atoms with E-state index in [2.05, 4.69) is 0 Å². The molecule has 2 aromatic carbocycles. The van der Waals surface area contributed by atoms with Crippen molar-refractivity contribution in [2.24, 2.45) is 0 Å². The average Bonchev–Trinajstić information content (AvgIpc) is 2.58. The molecule has 1 heterocycles. The fourth-order valence-corrected chi connectivity index (χ4v) is 4.49. The zero-order chi connectivity index (χ0) is 17.0. The second-order valence-electron chi connectivity index (χ2n) is 5.91. The summed E-state index contributed by atoms with van der Waals surface area (Å²) in [5, 5.41) is 0.607. The van der Waals surface area contributed by atoms with Crippen LogP contribution < -0.4 is 4.74 Å². The minimum absolute atomic E-state index is 0.00831. The number of nitrogens with zero attached hydrogens (tertiary/aromatic N) is 1. The summed E-state index contributed by atoms with van der Waals surface area (Å²) < 4.78 is 32.6. The Balaban J connectivity index is 1.56. The van der Waals surface area contributed by atoms with Crippen LogP contribution in [-0.2, 0) is 15.8 Å². The molecule has 3 rings (SSSR count). The van der Waals surface area contributed by atoms with Crippen LogP contribution in [0.25, 0.3) is 0 Å². The summed E-state index contributed by atoms with van der Waals surface area (Å²) in [4.78, 5) is 0. The number of para-hydroxylation sites is 1. The monoisotopic (exact) mass is 365 g/mol. The van der Waals surface area contributed by atoms with Crippen LogP contribution >= 0.6 is 11.6 Å². The minimum Gasteiger partial charge on any atom is -0.490 e. The molecule has 1 aliphatic heterocycles. The normalized spacial score (nSPS) is 16.9. The lowest BCUT2D eigenvalue weighted by Crippen LogP contribution is -2.42. The minimum atomic E-state index is -3.31. The maximum atomic E-state index is 12.6. The van der Waals surface area contributed by atoms with Gasteiger partial charge in [-0.2, -0.15) is 0 Å². The van der Waals surface area contributed by atoms with E-state index in [9.17, 15) is 8.42 Å². The van der Waals surface area contributed by atoms with Crippen LogP contribution in [-0.4, -0.2) is 31.9 Å². The largest absolute Gasteiger partial charge is 0.490 e. The summed E-state index contributed by atoms with van der Waals surface area (Å²) >= 11 is 5.84. The molecular formula is C18H20ClNO3S. The Hall–Kier alpha value is -1.56. The second kappa shape index (κ2) is 7.55. The van der Waals surface area contributed by atoms with Crippen molar-refractivity contribution < 1.29 is 13.2 Å². The molecule has 2 aromatic rings. The number of sulfonamides is 1. The van der Waals surface area contributed by atoms with Crippen LogP contribution in [0.4, 0.5) is 0 Å². The molecule has 1 fully saturated rings. The second-order valence-corrected chi connectivity index (χ2v) is 8.32. The van der Waals surface area contributed by atoms with E-state index >= 15 is 0 Å². The van der Waals surface area contributed by atoms with Gasteiger partial charge >= 0.3 is 0 Å². The van der Waals surface area contributed by atoms with Gasteiger partial charge in [0.2, 0.25) is 10.0 Å². The molecule has 0 N–H and O–H groups in total. The smallest absolute Gasteiger partial charge is 0.218 e. The van der Waals surface area contributed by atoms with Gasteiger partial charge in [0.1, 0.15) is 11.9 Å². The number of halogens is 1. The van der Waals surface area contributed by atoms with E-state index in [4.69, 9.17) is 16.3 Å². The standard InChI is InChI=1S/C18H20ClNO3S/c19-16-8-6-15(7-9-16)14-24(21,22)20-12-10-18(11-13-20)23-17-4-2-1-3-5-17/h1-9,18H,10-14H2. The van der Waals surface area contributed by atoms with E-state index in [0.29, 0.717) is 31.0 Å². The molecule has 0 unspecified atom stereocenters. The molecule has 6 heteroatoms. The fraction of sp³-hybridized carbons (Fsp3) is 0.333. The first-order chi connectivity index (χ1) is 11.5. The van der Waals surface area contributed by atoms with Crippen LogP contribution in [0.1, 0.15) is 18.4 Å². The Morgan fingerprint density at radius 2 is 1.62 bits per heavy atom. The molecule has 0 bridgehead atoms. The van der Waals surface area contributed by atoms with Gasteiger partial charge in [-0.3, -0.25) is 0 Å². The van der Waals surface area contributed by atoms with Crippen molar-refractivity contribution in [1.29, 1.82) is 0 Å². The van der Waals surface area contributed by atoms with Crippen LogP contribution in [0.5, 0.6) is 5.75 Å². The molecule has 0 saturated carbocycles. The highest BCUT2D eigenvalue weighted by Crippen LogP contribution is 2.22. The van der Waals surface area contributed by atoms with E-state index in [1.165, 1.54) is 0 Å². The first-order valence-electron chi connectivity index (χ1n) is 7.97. The molecule has 0 aliphatic carbocycles. The zero-order valence-corrected chi connectivity index (χ0v) is 14.8. The molecule has 0 spiro atoms. The first kappa shape index (κ1) is 17.3. The third-order valence-electron chi connectivity index (χ3n) is 4.10. The van der Waals surface area contributed by atoms with Gasteiger partial charge in [-0.15, -0.1) is 0 Å². The predicted octanol–water partition coefficient (Wildman–Crippen LogP) is 3.71. The van der Waals surface area contributed by atoms with E-state index in [-0.39, 0.29) is 11.9 Å². The molecule has 0 aromatic heterocycles. The molecule has 0 amide bonds. The van der Waals surface area contributed by atoms with Gasteiger partial charge in [0.25, 0.3) is 0 Å². The van der Waals surface area contributed by atoms with Gasteiger partial charge in [0.15, 0.2) is 0 Å². The molecule has 4 nitrogen and oxygen atoms in total. The summed E-state index contributed by atoms with van der Waals surface area (Å²) in [5.74, 6) is 0.842. The Morgan fingerprint density at radius 3 is 2.25 bits per heavy atom. The quantitative estimate of drug-likeness (QED) is 0.811. The lowest BCUT2D eigenvalue weighted by Gasteiger charge is -2.31. The molecule has 1 aliphatic rings. The topological polar surface area (TPSA) is 46.6 Å². The van der Waals surface area contributed by atoms with Crippen molar-refractivity contribution in [2.75, 3.05) is 13.1 Å². The van der Waals surface area contributed by atoms with Crippen LogP contribution in [0.15, 0.2) is 54.6 Å². The lowest BCUT2D eigenvalue weighted by molar-refractivity contribution is 0.135. The highest BCUT2D eigenvalue weighted by atomic mass is 35.5. The van der Waals surface area contributed by atoms with Crippen molar-refractivity contribution in [3.8, 4) is 5.75 Å². The maximum absolute atomic E-state index is 12.6. The Morgan fingerprint density at radius 1 is 1.00 bits per heavy atom. The number of ether oxygens (including phenoxy) is 1. The SMILES string of the molecule is O=S(=O)(Cc1ccc(Cl)cc1)N1CCC(Oc2ccccc2)CC1. The Labute approximate surface area is 148 Å². The van der Waals surface area contributed by atoms with E-state index in [1.54, 1.807) is 28.6 Å².